The molecule has 3 aromatic rings. The van der Waals surface area contributed by atoms with E-state index in [1.165, 1.54) is 6.42 Å². The molecule has 5 nitrogen and oxygen atoms in total. The average molecular weight is 422 g/mol. The van der Waals surface area contributed by atoms with E-state index in [0.29, 0.717) is 18.4 Å². The number of fused-ring (bicyclic) bond motifs is 1. The Hall–Kier alpha value is -2.73. The monoisotopic (exact) mass is 421 g/mol. The summed E-state index contributed by atoms with van der Waals surface area (Å²) < 4.78 is 1.15. The number of hydrogen-bond acceptors (Lipinski definition) is 4. The Morgan fingerprint density at radius 1 is 1.20 bits per heavy atom. The first-order valence-electron chi connectivity index (χ1n) is 10.6. The summed E-state index contributed by atoms with van der Waals surface area (Å²) in [4.78, 5) is 31.9. The first kappa shape index (κ1) is 20.5. The summed E-state index contributed by atoms with van der Waals surface area (Å²) >= 11 is 1.63. The zero-order valence-corrected chi connectivity index (χ0v) is 18.3. The highest BCUT2D eigenvalue weighted by Gasteiger charge is 2.24. The van der Waals surface area contributed by atoms with Gasteiger partial charge in [0.15, 0.2) is 0 Å². The molecule has 2 amide bonds. The number of likely N-dealkylation sites (tertiary alicyclic amines) is 1. The minimum Gasteiger partial charge on any atom is -0.336 e. The zero-order chi connectivity index (χ0) is 21.1. The molecule has 0 saturated carbocycles. The molecule has 0 bridgehead atoms. The van der Waals surface area contributed by atoms with Gasteiger partial charge in [-0.2, -0.15) is 0 Å². The molecule has 4 rings (SSSR count). The van der Waals surface area contributed by atoms with Crippen LogP contribution in [0.2, 0.25) is 0 Å². The highest BCUT2D eigenvalue weighted by atomic mass is 32.1. The highest BCUT2D eigenvalue weighted by molar-refractivity contribution is 7.18. The number of nitrogens with one attached hydrogen (secondary N) is 1. The summed E-state index contributed by atoms with van der Waals surface area (Å²) in [6.07, 6.45) is 4.32. The van der Waals surface area contributed by atoms with Gasteiger partial charge in [0.05, 0.1) is 15.2 Å². The van der Waals surface area contributed by atoms with Gasteiger partial charge in [-0.05, 0) is 69.0 Å². The second-order valence-corrected chi connectivity index (χ2v) is 9.11. The fourth-order valence-corrected chi connectivity index (χ4v) is 4.93. The third kappa shape index (κ3) is 4.54. The summed E-state index contributed by atoms with van der Waals surface area (Å²) in [6.45, 7) is 4.87. The lowest BCUT2D eigenvalue weighted by molar-refractivity contribution is -0.116. The number of carbonyl (C=O) groups excluding carboxylic acids is 2. The van der Waals surface area contributed by atoms with E-state index in [1.807, 2.05) is 54.3 Å². The van der Waals surface area contributed by atoms with Crippen LogP contribution < -0.4 is 5.32 Å². The van der Waals surface area contributed by atoms with E-state index < -0.39 is 0 Å². The maximum Gasteiger partial charge on any atom is 0.254 e. The molecule has 1 atom stereocenters. The number of rotatable bonds is 5. The first-order chi connectivity index (χ1) is 14.5. The topological polar surface area (TPSA) is 62.3 Å². The van der Waals surface area contributed by atoms with Crippen molar-refractivity contribution in [1.82, 2.24) is 9.88 Å². The van der Waals surface area contributed by atoms with Crippen LogP contribution in [0.15, 0.2) is 42.5 Å². The molecule has 1 unspecified atom stereocenters. The van der Waals surface area contributed by atoms with E-state index in [2.05, 4.69) is 17.2 Å². The van der Waals surface area contributed by atoms with E-state index in [-0.39, 0.29) is 17.9 Å². The van der Waals surface area contributed by atoms with Crippen molar-refractivity contribution in [2.24, 2.45) is 0 Å². The Labute approximate surface area is 181 Å². The predicted molar refractivity (Wildman–Crippen MR) is 122 cm³/mol. The zero-order valence-electron chi connectivity index (χ0n) is 17.5. The minimum atomic E-state index is -0.0407. The van der Waals surface area contributed by atoms with Crippen LogP contribution in [0, 0.1) is 6.92 Å². The molecule has 1 aromatic heterocycles. The second kappa shape index (κ2) is 8.96. The predicted octanol–water partition coefficient (Wildman–Crippen LogP) is 5.19. The lowest BCUT2D eigenvalue weighted by atomic mass is 10.0. The Bertz CT molecular complexity index is 1040. The van der Waals surface area contributed by atoms with Gasteiger partial charge >= 0.3 is 0 Å². The molecule has 1 saturated heterocycles. The van der Waals surface area contributed by atoms with Crippen LogP contribution in [0.3, 0.4) is 0 Å². The first-order valence-corrected chi connectivity index (χ1v) is 11.4. The van der Waals surface area contributed by atoms with Crippen LogP contribution in [0.25, 0.3) is 10.2 Å². The van der Waals surface area contributed by atoms with Gasteiger partial charge in [-0.15, -0.1) is 11.3 Å². The van der Waals surface area contributed by atoms with Gasteiger partial charge in [0, 0.05) is 36.7 Å². The number of aromatic nitrogens is 1. The van der Waals surface area contributed by atoms with Crippen LogP contribution in [0.4, 0.5) is 5.69 Å². The quantitative estimate of drug-likeness (QED) is 0.617. The largest absolute Gasteiger partial charge is 0.336 e. The maximum absolute atomic E-state index is 12.9. The van der Waals surface area contributed by atoms with Gasteiger partial charge in [0.25, 0.3) is 5.91 Å². The number of anilines is 1. The number of benzene rings is 2. The molecule has 30 heavy (non-hydrogen) atoms. The van der Waals surface area contributed by atoms with Crippen LogP contribution in [-0.4, -0.2) is 34.3 Å². The Morgan fingerprint density at radius 3 is 2.80 bits per heavy atom. The Morgan fingerprint density at radius 2 is 2.03 bits per heavy atom. The molecule has 1 fully saturated rings. The number of carbonyl (C=O) groups is 2. The second-order valence-electron chi connectivity index (χ2n) is 8.00. The molecule has 6 heteroatoms. The molecule has 0 aliphatic carbocycles. The molecule has 1 N–H and O–H groups in total. The molecule has 0 radical (unpaired) electrons. The number of amides is 2. The smallest absolute Gasteiger partial charge is 0.254 e. The van der Waals surface area contributed by atoms with Crippen molar-refractivity contribution in [2.75, 3.05) is 11.9 Å². The Kier molecular flexibility index (Phi) is 6.13. The summed E-state index contributed by atoms with van der Waals surface area (Å²) in [5.74, 6) is 0.0418. The lowest BCUT2D eigenvalue weighted by Crippen LogP contribution is -2.42. The van der Waals surface area contributed by atoms with Gasteiger partial charge in [-0.25, -0.2) is 4.98 Å². The van der Waals surface area contributed by atoms with Crippen molar-refractivity contribution in [3.8, 4) is 0 Å². The lowest BCUT2D eigenvalue weighted by Gasteiger charge is -2.33. The summed E-state index contributed by atoms with van der Waals surface area (Å²) in [5, 5.41) is 3.95. The van der Waals surface area contributed by atoms with E-state index in [0.717, 1.165) is 45.9 Å². The Balaban J connectivity index is 1.37. The molecule has 1 aliphatic rings. The van der Waals surface area contributed by atoms with Gasteiger partial charge in [-0.3, -0.25) is 9.59 Å². The summed E-state index contributed by atoms with van der Waals surface area (Å²) in [6, 6.07) is 13.8. The SMILES string of the molecule is Cc1cc(C(=O)N2CCCCC2C)ccc1NC(=O)CCc1nc2ccccc2s1. The molecular formula is C24H27N3O2S. The van der Waals surface area contributed by atoms with Crippen LogP contribution in [0.5, 0.6) is 0 Å². The maximum atomic E-state index is 12.9. The van der Waals surface area contributed by atoms with E-state index in [1.54, 1.807) is 11.3 Å². The molecule has 2 aromatic carbocycles. The summed E-state index contributed by atoms with van der Waals surface area (Å²) in [5.41, 5.74) is 3.33. The fraction of sp³-hybridized carbons (Fsp3) is 0.375. The molecular weight excluding hydrogens is 394 g/mol. The molecule has 1 aliphatic heterocycles. The van der Waals surface area contributed by atoms with Gasteiger partial charge < -0.3 is 10.2 Å². The number of para-hydroxylation sites is 1. The van der Waals surface area contributed by atoms with E-state index >= 15 is 0 Å². The van der Waals surface area contributed by atoms with E-state index in [4.69, 9.17) is 0 Å². The standard InChI is InChI=1S/C24H27N3O2S/c1-16-15-18(24(29)27-14-6-5-7-17(27)2)10-11-19(16)25-22(28)12-13-23-26-20-8-3-4-9-21(20)30-23/h3-4,8-11,15,17H,5-7,12-14H2,1-2H3,(H,25,28). The van der Waals surface area contributed by atoms with Crippen molar-refractivity contribution >= 4 is 39.1 Å². The number of piperidine rings is 1. The van der Waals surface area contributed by atoms with Crippen molar-refractivity contribution in [3.05, 3.63) is 58.6 Å². The number of aryl methyl sites for hydroxylation is 2. The minimum absolute atomic E-state index is 0.0407. The average Bonchev–Trinajstić information content (AvgIpc) is 3.17. The number of nitrogens with zero attached hydrogens (tertiary/aromatic N) is 2. The van der Waals surface area contributed by atoms with Gasteiger partial charge in [0.1, 0.15) is 0 Å². The van der Waals surface area contributed by atoms with Gasteiger partial charge in [0.2, 0.25) is 5.91 Å². The normalized spacial score (nSPS) is 16.6. The van der Waals surface area contributed by atoms with Crippen molar-refractivity contribution < 1.29 is 9.59 Å². The van der Waals surface area contributed by atoms with Crippen molar-refractivity contribution in [3.63, 3.8) is 0 Å². The van der Waals surface area contributed by atoms with Crippen LogP contribution >= 0.6 is 11.3 Å². The molecule has 0 spiro atoms. The fourth-order valence-electron chi connectivity index (χ4n) is 3.96. The molecule has 156 valence electrons. The van der Waals surface area contributed by atoms with Crippen LogP contribution in [-0.2, 0) is 11.2 Å². The summed E-state index contributed by atoms with van der Waals surface area (Å²) in [7, 11) is 0. The number of thiazole rings is 1. The van der Waals surface area contributed by atoms with Crippen molar-refractivity contribution in [1.29, 1.82) is 0 Å². The highest BCUT2D eigenvalue weighted by Crippen LogP contribution is 2.24. The van der Waals surface area contributed by atoms with Crippen LogP contribution in [0.1, 0.15) is 53.5 Å². The van der Waals surface area contributed by atoms with Crippen molar-refractivity contribution in [2.45, 2.75) is 52.0 Å². The number of hydrogen-bond donors (Lipinski definition) is 1. The van der Waals surface area contributed by atoms with Gasteiger partial charge in [-0.1, -0.05) is 12.1 Å². The third-order valence-electron chi connectivity index (χ3n) is 5.72. The van der Waals surface area contributed by atoms with E-state index in [9.17, 15) is 9.59 Å². The molecule has 2 heterocycles. The third-order valence-corrected chi connectivity index (χ3v) is 6.81.